The SMILES string of the molecule is COc1ccc(C(O)c2cc(Cl)nnc2Cl)nn1. The van der Waals surface area contributed by atoms with Gasteiger partial charge in [0.2, 0.25) is 5.88 Å². The Kier molecular flexibility index (Phi) is 3.90. The molecule has 0 aliphatic carbocycles. The van der Waals surface area contributed by atoms with Crippen molar-refractivity contribution in [2.45, 2.75) is 6.10 Å². The predicted molar refractivity (Wildman–Crippen MR) is 64.7 cm³/mol. The van der Waals surface area contributed by atoms with Gasteiger partial charge in [0, 0.05) is 11.6 Å². The maximum absolute atomic E-state index is 10.1. The van der Waals surface area contributed by atoms with Crippen molar-refractivity contribution in [1.82, 2.24) is 20.4 Å². The van der Waals surface area contributed by atoms with Crippen LogP contribution in [0.4, 0.5) is 0 Å². The Labute approximate surface area is 113 Å². The van der Waals surface area contributed by atoms with Crippen molar-refractivity contribution in [3.63, 3.8) is 0 Å². The van der Waals surface area contributed by atoms with E-state index in [-0.39, 0.29) is 10.3 Å². The predicted octanol–water partition coefficient (Wildman–Crippen LogP) is 1.66. The normalized spacial score (nSPS) is 12.2. The highest BCUT2D eigenvalue weighted by atomic mass is 35.5. The number of hydrogen-bond donors (Lipinski definition) is 1. The third-order valence-corrected chi connectivity index (χ3v) is 2.67. The molecule has 18 heavy (non-hydrogen) atoms. The lowest BCUT2D eigenvalue weighted by Gasteiger charge is -2.10. The zero-order chi connectivity index (χ0) is 13.1. The minimum Gasteiger partial charge on any atom is -0.480 e. The summed E-state index contributed by atoms with van der Waals surface area (Å²) >= 11 is 11.5. The average Bonchev–Trinajstić information content (AvgIpc) is 2.41. The van der Waals surface area contributed by atoms with Gasteiger partial charge in [0.1, 0.15) is 6.10 Å². The topological polar surface area (TPSA) is 81.0 Å². The molecule has 0 aromatic carbocycles. The Hall–Kier alpha value is -1.50. The smallest absolute Gasteiger partial charge is 0.233 e. The molecule has 0 saturated heterocycles. The third-order valence-electron chi connectivity index (χ3n) is 2.19. The van der Waals surface area contributed by atoms with E-state index in [0.29, 0.717) is 17.1 Å². The molecule has 2 rings (SSSR count). The fourth-order valence-electron chi connectivity index (χ4n) is 1.30. The van der Waals surface area contributed by atoms with E-state index < -0.39 is 6.10 Å². The summed E-state index contributed by atoms with van der Waals surface area (Å²) < 4.78 is 4.87. The summed E-state index contributed by atoms with van der Waals surface area (Å²) in [5, 5.41) is 25.0. The van der Waals surface area contributed by atoms with Gasteiger partial charge < -0.3 is 9.84 Å². The van der Waals surface area contributed by atoms with Crippen molar-refractivity contribution in [3.05, 3.63) is 39.8 Å². The van der Waals surface area contributed by atoms with Gasteiger partial charge in [-0.1, -0.05) is 23.2 Å². The van der Waals surface area contributed by atoms with Crippen LogP contribution in [0.1, 0.15) is 17.4 Å². The molecular weight excluding hydrogens is 279 g/mol. The van der Waals surface area contributed by atoms with Gasteiger partial charge >= 0.3 is 0 Å². The number of aromatic nitrogens is 4. The van der Waals surface area contributed by atoms with Crippen LogP contribution < -0.4 is 4.74 Å². The lowest BCUT2D eigenvalue weighted by molar-refractivity contribution is 0.213. The quantitative estimate of drug-likeness (QED) is 0.924. The molecule has 8 heteroatoms. The fourth-order valence-corrected chi connectivity index (χ4v) is 1.65. The molecule has 94 valence electrons. The van der Waals surface area contributed by atoms with Gasteiger partial charge in [-0.2, -0.15) is 0 Å². The van der Waals surface area contributed by atoms with E-state index in [0.717, 1.165) is 0 Å². The molecule has 1 N–H and O–H groups in total. The highest BCUT2D eigenvalue weighted by molar-refractivity contribution is 6.31. The van der Waals surface area contributed by atoms with Crippen molar-refractivity contribution in [3.8, 4) is 5.88 Å². The van der Waals surface area contributed by atoms with Crippen LogP contribution in [0, 0.1) is 0 Å². The van der Waals surface area contributed by atoms with Crippen LogP contribution >= 0.6 is 23.2 Å². The summed E-state index contributed by atoms with van der Waals surface area (Å²) in [4.78, 5) is 0. The lowest BCUT2D eigenvalue weighted by Crippen LogP contribution is -2.06. The monoisotopic (exact) mass is 286 g/mol. The van der Waals surface area contributed by atoms with Crippen molar-refractivity contribution in [2.75, 3.05) is 7.11 Å². The number of ether oxygens (including phenoxy) is 1. The molecule has 1 unspecified atom stereocenters. The summed E-state index contributed by atoms with van der Waals surface area (Å²) in [6.07, 6.45) is -1.08. The van der Waals surface area contributed by atoms with Gasteiger partial charge in [-0.15, -0.1) is 20.4 Å². The highest BCUT2D eigenvalue weighted by Crippen LogP contribution is 2.27. The van der Waals surface area contributed by atoms with Gasteiger partial charge in [-0.3, -0.25) is 0 Å². The second-order valence-electron chi connectivity index (χ2n) is 3.32. The number of hydrogen-bond acceptors (Lipinski definition) is 6. The number of methoxy groups -OCH3 is 1. The summed E-state index contributed by atoms with van der Waals surface area (Å²) in [5.74, 6) is 0.350. The maximum atomic E-state index is 10.1. The number of aliphatic hydroxyl groups excluding tert-OH is 1. The summed E-state index contributed by atoms with van der Waals surface area (Å²) in [6, 6.07) is 4.57. The van der Waals surface area contributed by atoms with Crippen LogP contribution in [0.5, 0.6) is 5.88 Å². The average molecular weight is 287 g/mol. The molecule has 2 aromatic heterocycles. The largest absolute Gasteiger partial charge is 0.480 e. The first-order valence-corrected chi connectivity index (χ1v) is 5.61. The lowest BCUT2D eigenvalue weighted by atomic mass is 10.1. The molecule has 0 radical (unpaired) electrons. The standard InChI is InChI=1S/C10H8Cl2N4O2/c1-18-8-3-2-6(13-15-8)9(17)5-4-7(11)14-16-10(5)12/h2-4,9,17H,1H3. The Bertz CT molecular complexity index is 550. The van der Waals surface area contributed by atoms with Crippen molar-refractivity contribution >= 4 is 23.2 Å². The molecule has 0 aliphatic heterocycles. The Morgan fingerprint density at radius 2 is 1.94 bits per heavy atom. The number of halogens is 2. The molecule has 2 aromatic rings. The van der Waals surface area contributed by atoms with E-state index in [1.54, 1.807) is 12.1 Å². The Morgan fingerprint density at radius 3 is 2.56 bits per heavy atom. The van der Waals surface area contributed by atoms with Crippen molar-refractivity contribution < 1.29 is 9.84 Å². The molecule has 0 saturated carbocycles. The van der Waals surface area contributed by atoms with Gasteiger partial charge in [0.05, 0.1) is 12.8 Å². The van der Waals surface area contributed by atoms with Gasteiger partial charge in [0.15, 0.2) is 10.3 Å². The summed E-state index contributed by atoms with van der Waals surface area (Å²) in [6.45, 7) is 0. The molecular formula is C10H8Cl2N4O2. The van der Waals surface area contributed by atoms with Crippen LogP contribution in [-0.2, 0) is 0 Å². The number of rotatable bonds is 3. The van der Waals surface area contributed by atoms with Crippen molar-refractivity contribution in [2.24, 2.45) is 0 Å². The van der Waals surface area contributed by atoms with E-state index >= 15 is 0 Å². The van der Waals surface area contributed by atoms with E-state index in [9.17, 15) is 5.11 Å². The van der Waals surface area contributed by atoms with Gasteiger partial charge in [-0.25, -0.2) is 0 Å². The molecule has 0 bridgehead atoms. The van der Waals surface area contributed by atoms with Crippen LogP contribution in [0.15, 0.2) is 18.2 Å². The molecule has 0 spiro atoms. The molecule has 0 amide bonds. The highest BCUT2D eigenvalue weighted by Gasteiger charge is 2.18. The second-order valence-corrected chi connectivity index (χ2v) is 4.06. The Morgan fingerprint density at radius 1 is 1.17 bits per heavy atom. The van der Waals surface area contributed by atoms with E-state index in [4.69, 9.17) is 27.9 Å². The van der Waals surface area contributed by atoms with Crippen LogP contribution in [-0.4, -0.2) is 32.6 Å². The zero-order valence-corrected chi connectivity index (χ0v) is 10.7. The minimum absolute atomic E-state index is 0.0597. The van der Waals surface area contributed by atoms with Crippen LogP contribution in [0.2, 0.25) is 10.3 Å². The van der Waals surface area contributed by atoms with E-state index in [1.165, 1.54) is 13.2 Å². The maximum Gasteiger partial charge on any atom is 0.233 e. The second kappa shape index (κ2) is 5.43. The minimum atomic E-state index is -1.08. The molecule has 0 aliphatic rings. The molecule has 0 fully saturated rings. The van der Waals surface area contributed by atoms with Crippen molar-refractivity contribution in [1.29, 1.82) is 0 Å². The first-order chi connectivity index (χ1) is 8.61. The summed E-state index contributed by atoms with van der Waals surface area (Å²) in [7, 11) is 1.48. The fraction of sp³-hybridized carbons (Fsp3) is 0.200. The first kappa shape index (κ1) is 12.9. The molecule has 6 nitrogen and oxygen atoms in total. The zero-order valence-electron chi connectivity index (χ0n) is 9.21. The van der Waals surface area contributed by atoms with Gasteiger partial charge in [-0.05, 0) is 12.1 Å². The molecule has 1 atom stereocenters. The summed E-state index contributed by atoms with van der Waals surface area (Å²) in [5.41, 5.74) is 0.623. The van der Waals surface area contributed by atoms with Crippen LogP contribution in [0.25, 0.3) is 0 Å². The number of nitrogens with zero attached hydrogens (tertiary/aromatic N) is 4. The number of aliphatic hydroxyl groups is 1. The van der Waals surface area contributed by atoms with E-state index in [1.807, 2.05) is 0 Å². The third kappa shape index (κ3) is 2.66. The first-order valence-electron chi connectivity index (χ1n) is 4.86. The molecule has 2 heterocycles. The van der Waals surface area contributed by atoms with Crippen LogP contribution in [0.3, 0.4) is 0 Å². The van der Waals surface area contributed by atoms with E-state index in [2.05, 4.69) is 20.4 Å². The Balaban J connectivity index is 2.34. The van der Waals surface area contributed by atoms with Gasteiger partial charge in [0.25, 0.3) is 0 Å².